The molecule has 0 N–H and O–H groups in total. The second kappa shape index (κ2) is 11.2. The van der Waals surface area contributed by atoms with Gasteiger partial charge in [-0.15, -0.1) is 0 Å². The van der Waals surface area contributed by atoms with E-state index in [4.69, 9.17) is 0 Å². The molecule has 0 unspecified atom stereocenters. The van der Waals surface area contributed by atoms with Crippen molar-refractivity contribution in [2.24, 2.45) is 0 Å². The van der Waals surface area contributed by atoms with Gasteiger partial charge in [-0.3, -0.25) is 9.97 Å². The molecule has 0 saturated carbocycles. The Bertz CT molecular complexity index is 728. The first kappa shape index (κ1) is 21.6. The number of aromatic nitrogens is 2. The molecule has 0 bridgehead atoms. The summed E-state index contributed by atoms with van der Waals surface area (Å²) in [5, 5.41) is 2.28. The zero-order valence-electron chi connectivity index (χ0n) is 15.0. The Morgan fingerprint density at radius 1 is 0.760 bits per heavy atom. The van der Waals surface area contributed by atoms with Gasteiger partial charge in [-0.05, 0) is 12.1 Å². The molecule has 0 saturated heterocycles. The largest absolute Gasteiger partial charge is 0.254 e. The van der Waals surface area contributed by atoms with Crippen molar-refractivity contribution in [1.29, 1.82) is 0 Å². The Kier molecular flexibility index (Phi) is 9.69. The predicted octanol–water partition coefficient (Wildman–Crippen LogP) is 7.68. The minimum atomic E-state index is -1.50. The summed E-state index contributed by atoms with van der Waals surface area (Å²) in [5.74, 6) is 0. The number of halogens is 2. The fourth-order valence-electron chi connectivity index (χ4n) is 2.68. The van der Waals surface area contributed by atoms with E-state index >= 15 is 0 Å². The molecule has 2 heterocycles. The van der Waals surface area contributed by atoms with Crippen LogP contribution in [0, 0.1) is 0 Å². The molecule has 0 amide bonds. The molecule has 0 aliphatic heterocycles. The van der Waals surface area contributed by atoms with Gasteiger partial charge < -0.3 is 0 Å². The summed E-state index contributed by atoms with van der Waals surface area (Å²) in [4.78, 5) is 8.69. The van der Waals surface area contributed by atoms with Crippen molar-refractivity contribution < 1.29 is 0 Å². The first-order valence-electron chi connectivity index (χ1n) is 9.03. The molecule has 0 aliphatic rings. The van der Waals surface area contributed by atoms with Crippen LogP contribution in [0.5, 0.6) is 0 Å². The van der Waals surface area contributed by atoms with Crippen molar-refractivity contribution in [2.75, 3.05) is 0 Å². The van der Waals surface area contributed by atoms with E-state index in [9.17, 15) is 0 Å². The third kappa shape index (κ3) is 7.08. The van der Waals surface area contributed by atoms with Crippen molar-refractivity contribution in [3.8, 4) is 0 Å². The Balaban J connectivity index is 0.000000188. The maximum atomic E-state index is 4.35. The van der Waals surface area contributed by atoms with E-state index in [-0.39, 0.29) is 0 Å². The Morgan fingerprint density at radius 3 is 1.60 bits per heavy atom. The number of pyridine rings is 2. The molecule has 2 nitrogen and oxygen atoms in total. The van der Waals surface area contributed by atoms with Gasteiger partial charge in [0.2, 0.25) is 0 Å². The molecule has 25 heavy (non-hydrogen) atoms. The molecule has 0 radical (unpaired) electrons. The van der Waals surface area contributed by atoms with Gasteiger partial charge in [-0.2, -0.15) is 0 Å². The summed E-state index contributed by atoms with van der Waals surface area (Å²) in [6.07, 6.45) is 9.33. The number of hydrogen-bond acceptors (Lipinski definition) is 2. The van der Waals surface area contributed by atoms with E-state index in [0.717, 1.165) is 21.8 Å². The average Bonchev–Trinajstić information content (AvgIpc) is 2.65. The molecular formula is C20H26I2N2Sn. The first-order valence-corrected chi connectivity index (χ1v) is 29.7. The summed E-state index contributed by atoms with van der Waals surface area (Å²) in [6, 6.07) is 12.1. The van der Waals surface area contributed by atoms with Crippen LogP contribution in [0.1, 0.15) is 39.5 Å². The van der Waals surface area contributed by atoms with Crippen LogP contribution >= 0.6 is 37.3 Å². The maximum Gasteiger partial charge on any atom is 0.0964 e. The molecule has 3 aromatic rings. The number of rotatable bonds is 6. The van der Waals surface area contributed by atoms with Crippen molar-refractivity contribution in [1.82, 2.24) is 9.97 Å². The molecule has 2 aromatic heterocycles. The van der Waals surface area contributed by atoms with Crippen LogP contribution < -0.4 is 0 Å². The molecule has 0 atom stereocenters. The monoisotopic (exact) mass is 668 g/mol. The summed E-state index contributed by atoms with van der Waals surface area (Å²) >= 11 is 5.64. The minimum absolute atomic E-state index is 0.977. The summed E-state index contributed by atoms with van der Waals surface area (Å²) in [5.41, 5.74) is 1.95. The molecular weight excluding hydrogens is 641 g/mol. The van der Waals surface area contributed by atoms with Gasteiger partial charge in [0.15, 0.2) is 0 Å². The zero-order valence-corrected chi connectivity index (χ0v) is 22.2. The fraction of sp³-hybridized carbons (Fsp3) is 0.400. The smallest absolute Gasteiger partial charge is 0.0964 e. The van der Waals surface area contributed by atoms with E-state index < -0.39 is 10.4 Å². The predicted molar refractivity (Wildman–Crippen MR) is 130 cm³/mol. The van der Waals surface area contributed by atoms with Crippen molar-refractivity contribution in [3.05, 3.63) is 48.8 Å². The first-order chi connectivity index (χ1) is 12.1. The molecule has 0 aliphatic carbocycles. The second-order valence-corrected chi connectivity index (χ2v) is 55.6. The Hall–Kier alpha value is 0.299. The molecule has 1 aromatic carbocycles. The van der Waals surface area contributed by atoms with Crippen LogP contribution in [0.4, 0.5) is 0 Å². The topological polar surface area (TPSA) is 25.8 Å². The van der Waals surface area contributed by atoms with Crippen molar-refractivity contribution in [3.63, 3.8) is 0 Å². The van der Waals surface area contributed by atoms with E-state index in [1.54, 1.807) is 21.3 Å². The minimum Gasteiger partial charge on any atom is -0.254 e. The van der Waals surface area contributed by atoms with Crippen LogP contribution in [0.25, 0.3) is 21.8 Å². The van der Waals surface area contributed by atoms with Crippen molar-refractivity contribution >= 4 is 69.5 Å². The molecule has 0 fully saturated rings. The van der Waals surface area contributed by atoms with Gasteiger partial charge in [-0.1, -0.05) is 24.3 Å². The van der Waals surface area contributed by atoms with Crippen LogP contribution in [0.2, 0.25) is 8.87 Å². The normalized spacial score (nSPS) is 11.4. The average molecular weight is 667 g/mol. The van der Waals surface area contributed by atoms with E-state index in [2.05, 4.69) is 85.3 Å². The van der Waals surface area contributed by atoms with Gasteiger partial charge >= 0.3 is 96.1 Å². The SMILES string of the molecule is CCC[CH2][Sn]([I])([I])[CH2]CCC.c1cnc2c(c1)ccc1cccnc12. The van der Waals surface area contributed by atoms with Gasteiger partial charge in [0.25, 0.3) is 0 Å². The van der Waals surface area contributed by atoms with Gasteiger partial charge in [0, 0.05) is 23.2 Å². The third-order valence-corrected chi connectivity index (χ3v) is 24.8. The third-order valence-electron chi connectivity index (χ3n) is 4.14. The molecule has 0 spiro atoms. The van der Waals surface area contributed by atoms with Gasteiger partial charge in [-0.25, -0.2) is 0 Å². The maximum absolute atomic E-state index is 4.35. The van der Waals surface area contributed by atoms with Crippen molar-refractivity contribution in [2.45, 2.75) is 48.4 Å². The summed E-state index contributed by atoms with van der Waals surface area (Å²) < 4.78 is 3.18. The van der Waals surface area contributed by atoms with Crippen LogP contribution in [0.3, 0.4) is 0 Å². The van der Waals surface area contributed by atoms with E-state index in [1.165, 1.54) is 25.7 Å². The number of unbranched alkanes of at least 4 members (excludes halogenated alkanes) is 2. The van der Waals surface area contributed by atoms with Gasteiger partial charge in [0.05, 0.1) is 11.0 Å². The van der Waals surface area contributed by atoms with E-state index in [0.29, 0.717) is 0 Å². The quantitative estimate of drug-likeness (QED) is 0.153. The molecule has 5 heteroatoms. The van der Waals surface area contributed by atoms with Crippen LogP contribution in [-0.4, -0.2) is 20.4 Å². The standard InChI is InChI=1S/C12H8N2.2C4H9.2HI.Sn/c1-3-9-5-6-10-4-2-8-14-12(10)11(9)13-7-1;2*1-3-4-2;;;/h1-8H;2*1,3-4H2,2H3;2*1H;/q;;;;;+2/p-2. The van der Waals surface area contributed by atoms with Gasteiger partial charge in [0.1, 0.15) is 0 Å². The van der Waals surface area contributed by atoms with E-state index in [1.807, 2.05) is 12.1 Å². The summed E-state index contributed by atoms with van der Waals surface area (Å²) in [7, 11) is -1.50. The zero-order chi connectivity index (χ0) is 18.1. The molecule has 3 rings (SSSR count). The Labute approximate surface area is 174 Å². The number of hydrogen-bond donors (Lipinski definition) is 0. The Morgan fingerprint density at radius 2 is 1.20 bits per heavy atom. The number of benzene rings is 1. The fourth-order valence-corrected chi connectivity index (χ4v) is 18.6. The number of nitrogens with zero attached hydrogens (tertiary/aromatic N) is 2. The summed E-state index contributed by atoms with van der Waals surface area (Å²) in [6.45, 7) is 4.60. The number of fused-ring (bicyclic) bond motifs is 3. The van der Waals surface area contributed by atoms with Crippen LogP contribution in [0.15, 0.2) is 48.8 Å². The second-order valence-electron chi connectivity index (χ2n) is 6.28. The molecule has 134 valence electrons. The van der Waals surface area contributed by atoms with Crippen LogP contribution in [-0.2, 0) is 0 Å².